The Morgan fingerprint density at radius 2 is 1.81 bits per heavy atom. The smallest absolute Gasteiger partial charge is 0.163 e. The number of carbonyl (C=O) groups is 1. The molecule has 6 nitrogen and oxygen atoms in total. The predicted molar refractivity (Wildman–Crippen MR) is 124 cm³/mol. The zero-order valence-electron chi connectivity index (χ0n) is 18.1. The summed E-state index contributed by atoms with van der Waals surface area (Å²) in [4.78, 5) is 17.9. The molecule has 1 aliphatic heterocycles. The van der Waals surface area contributed by atoms with Crippen LogP contribution in [0.15, 0.2) is 78.3 Å². The normalized spacial score (nSPS) is 19.8. The van der Waals surface area contributed by atoms with Crippen molar-refractivity contribution >= 4 is 17.2 Å². The van der Waals surface area contributed by atoms with Gasteiger partial charge in [-0.25, -0.2) is 0 Å². The Labute approximate surface area is 187 Å². The lowest BCUT2D eigenvalue weighted by molar-refractivity contribution is -0.116. The minimum atomic E-state index is -0.268. The Kier molecular flexibility index (Phi) is 5.27. The summed E-state index contributed by atoms with van der Waals surface area (Å²) in [6.07, 6.45) is 4.66. The second kappa shape index (κ2) is 8.38. The minimum Gasteiger partial charge on any atom is -0.497 e. The van der Waals surface area contributed by atoms with Crippen molar-refractivity contribution in [2.24, 2.45) is 0 Å². The van der Waals surface area contributed by atoms with Crippen molar-refractivity contribution in [3.8, 4) is 11.5 Å². The number of hydrogen-bond donors (Lipinski definition) is 2. The Morgan fingerprint density at radius 1 is 0.969 bits per heavy atom. The lowest BCUT2D eigenvalue weighted by Crippen LogP contribution is -2.27. The van der Waals surface area contributed by atoms with E-state index in [2.05, 4.69) is 15.6 Å². The number of nitrogens with zero attached hydrogens (tertiary/aromatic N) is 1. The lowest BCUT2D eigenvalue weighted by atomic mass is 9.78. The maximum Gasteiger partial charge on any atom is 0.163 e. The third-order valence-corrected chi connectivity index (χ3v) is 6.20. The monoisotopic (exact) mass is 427 g/mol. The van der Waals surface area contributed by atoms with Gasteiger partial charge in [0.15, 0.2) is 5.78 Å². The Hall–Kier alpha value is -3.80. The molecule has 0 saturated carbocycles. The summed E-state index contributed by atoms with van der Waals surface area (Å²) in [7, 11) is 3.30. The summed E-state index contributed by atoms with van der Waals surface area (Å²) in [6, 6.07) is 17.4. The number of fused-ring (bicyclic) bond motifs is 1. The van der Waals surface area contributed by atoms with Crippen molar-refractivity contribution in [3.63, 3.8) is 0 Å². The van der Waals surface area contributed by atoms with Gasteiger partial charge >= 0.3 is 0 Å². The van der Waals surface area contributed by atoms with Gasteiger partial charge in [0.1, 0.15) is 11.5 Å². The molecular formula is C26H25N3O3. The molecule has 0 bridgehead atoms. The number of ether oxygens (including phenoxy) is 2. The van der Waals surface area contributed by atoms with E-state index in [1.807, 2.05) is 60.8 Å². The zero-order chi connectivity index (χ0) is 22.1. The molecule has 0 spiro atoms. The SMILES string of the molecule is COc1ccc(OC)c([C@H]2CC(=O)C3=C(C2)Nc2ccccc2N[C@H]3c2cccnc2)c1. The van der Waals surface area contributed by atoms with Crippen molar-refractivity contribution in [3.05, 3.63) is 89.4 Å². The van der Waals surface area contributed by atoms with E-state index in [9.17, 15) is 4.79 Å². The highest BCUT2D eigenvalue weighted by Crippen LogP contribution is 2.46. The van der Waals surface area contributed by atoms with Gasteiger partial charge in [-0.05, 0) is 48.4 Å². The Balaban J connectivity index is 1.61. The molecule has 2 N–H and O–H groups in total. The van der Waals surface area contributed by atoms with Gasteiger partial charge in [0.2, 0.25) is 0 Å². The first-order chi connectivity index (χ1) is 15.7. The van der Waals surface area contributed by atoms with Gasteiger partial charge in [-0.1, -0.05) is 18.2 Å². The number of methoxy groups -OCH3 is 2. The van der Waals surface area contributed by atoms with E-state index < -0.39 is 0 Å². The van der Waals surface area contributed by atoms with Crippen LogP contribution in [0.25, 0.3) is 0 Å². The number of anilines is 2. The topological polar surface area (TPSA) is 72.5 Å². The van der Waals surface area contributed by atoms with Crippen LogP contribution in [-0.2, 0) is 4.79 Å². The minimum absolute atomic E-state index is 0.0152. The molecule has 5 rings (SSSR count). The zero-order valence-corrected chi connectivity index (χ0v) is 18.1. The molecular weight excluding hydrogens is 402 g/mol. The van der Waals surface area contributed by atoms with Crippen LogP contribution in [0, 0.1) is 0 Å². The summed E-state index contributed by atoms with van der Waals surface area (Å²) in [5, 5.41) is 7.14. The number of benzene rings is 2. The number of Topliss-reactive ketones (excluding diaryl/α,β-unsaturated/α-hetero) is 1. The highest BCUT2D eigenvalue weighted by atomic mass is 16.5. The summed E-state index contributed by atoms with van der Waals surface area (Å²) >= 11 is 0. The summed E-state index contributed by atoms with van der Waals surface area (Å²) < 4.78 is 11.1. The number of pyridine rings is 1. The molecule has 0 fully saturated rings. The average molecular weight is 428 g/mol. The van der Waals surface area contributed by atoms with Gasteiger partial charge in [-0.15, -0.1) is 0 Å². The van der Waals surface area contributed by atoms with Crippen molar-refractivity contribution < 1.29 is 14.3 Å². The summed E-state index contributed by atoms with van der Waals surface area (Å²) in [5.74, 6) is 1.62. The number of hydrogen-bond acceptors (Lipinski definition) is 6. The van der Waals surface area contributed by atoms with Gasteiger partial charge in [-0.2, -0.15) is 0 Å². The highest BCUT2D eigenvalue weighted by molar-refractivity contribution is 6.01. The van der Waals surface area contributed by atoms with Gasteiger partial charge in [0, 0.05) is 41.6 Å². The predicted octanol–water partition coefficient (Wildman–Crippen LogP) is 5.08. The molecule has 32 heavy (non-hydrogen) atoms. The molecule has 2 atom stereocenters. The van der Waals surface area contributed by atoms with Crippen LogP contribution in [0.3, 0.4) is 0 Å². The first kappa shape index (κ1) is 20.1. The fourth-order valence-corrected chi connectivity index (χ4v) is 4.67. The summed E-state index contributed by atoms with van der Waals surface area (Å²) in [6.45, 7) is 0. The first-order valence-electron chi connectivity index (χ1n) is 10.7. The van der Waals surface area contributed by atoms with E-state index in [1.54, 1.807) is 20.4 Å². The quantitative estimate of drug-likeness (QED) is 0.605. The van der Waals surface area contributed by atoms with Crippen molar-refractivity contribution in [2.45, 2.75) is 24.8 Å². The number of aromatic nitrogens is 1. The molecule has 2 heterocycles. The maximum atomic E-state index is 13.6. The van der Waals surface area contributed by atoms with Gasteiger partial charge in [0.05, 0.1) is 31.6 Å². The van der Waals surface area contributed by atoms with E-state index in [4.69, 9.17) is 9.47 Å². The third kappa shape index (κ3) is 3.58. The molecule has 3 aromatic rings. The second-order valence-electron chi connectivity index (χ2n) is 8.06. The summed E-state index contributed by atoms with van der Waals surface area (Å²) in [5.41, 5.74) is 5.56. The van der Waals surface area contributed by atoms with Crippen LogP contribution in [0.1, 0.15) is 35.9 Å². The molecule has 0 radical (unpaired) electrons. The van der Waals surface area contributed by atoms with Crippen LogP contribution in [0.4, 0.5) is 11.4 Å². The first-order valence-corrected chi connectivity index (χ1v) is 10.7. The second-order valence-corrected chi connectivity index (χ2v) is 8.06. The molecule has 0 amide bonds. The van der Waals surface area contributed by atoms with Gasteiger partial charge in [0.25, 0.3) is 0 Å². The van der Waals surface area contributed by atoms with E-state index >= 15 is 0 Å². The molecule has 0 saturated heterocycles. The van der Waals surface area contributed by atoms with Crippen LogP contribution in [0.5, 0.6) is 11.5 Å². The van der Waals surface area contributed by atoms with E-state index in [1.165, 1.54) is 0 Å². The van der Waals surface area contributed by atoms with Gasteiger partial charge < -0.3 is 20.1 Å². The fourth-order valence-electron chi connectivity index (χ4n) is 4.67. The molecule has 162 valence electrons. The Bertz CT molecular complexity index is 1190. The molecule has 1 aliphatic carbocycles. The number of rotatable bonds is 4. The molecule has 2 aromatic carbocycles. The average Bonchev–Trinajstić information content (AvgIpc) is 3.01. The van der Waals surface area contributed by atoms with E-state index in [-0.39, 0.29) is 17.7 Å². The molecule has 1 aromatic heterocycles. The largest absolute Gasteiger partial charge is 0.497 e. The lowest BCUT2D eigenvalue weighted by Gasteiger charge is -2.30. The number of allylic oxidation sites excluding steroid dienone is 1. The number of nitrogens with one attached hydrogen (secondary N) is 2. The highest BCUT2D eigenvalue weighted by Gasteiger charge is 2.37. The fraction of sp³-hybridized carbons (Fsp3) is 0.231. The van der Waals surface area contributed by atoms with Crippen LogP contribution in [-0.4, -0.2) is 25.0 Å². The standard InChI is InChI=1S/C26H25N3O3/c1-31-18-9-10-24(32-2)19(14-18)17-12-22-25(23(30)13-17)26(16-6-5-11-27-15-16)29-21-8-4-3-7-20(21)28-22/h3-11,14-15,17,26,28-29H,12-13H2,1-2H3/t17-,26+/m1/s1. The van der Waals surface area contributed by atoms with Crippen molar-refractivity contribution in [2.75, 3.05) is 24.9 Å². The number of carbonyl (C=O) groups excluding carboxylic acids is 1. The van der Waals surface area contributed by atoms with E-state index in [0.29, 0.717) is 12.8 Å². The maximum absolute atomic E-state index is 13.6. The molecule has 0 unspecified atom stereocenters. The third-order valence-electron chi connectivity index (χ3n) is 6.20. The molecule has 2 aliphatic rings. The van der Waals surface area contributed by atoms with Crippen LogP contribution < -0.4 is 20.1 Å². The molecule has 6 heteroatoms. The number of para-hydroxylation sites is 2. The van der Waals surface area contributed by atoms with E-state index in [0.717, 1.165) is 45.3 Å². The van der Waals surface area contributed by atoms with Crippen molar-refractivity contribution in [1.29, 1.82) is 0 Å². The van der Waals surface area contributed by atoms with Crippen molar-refractivity contribution in [1.82, 2.24) is 4.98 Å². The van der Waals surface area contributed by atoms with Crippen LogP contribution >= 0.6 is 0 Å². The van der Waals surface area contributed by atoms with Crippen LogP contribution in [0.2, 0.25) is 0 Å². The van der Waals surface area contributed by atoms with Gasteiger partial charge in [-0.3, -0.25) is 9.78 Å². The Morgan fingerprint density at radius 3 is 2.56 bits per heavy atom. The number of ketones is 1.